The van der Waals surface area contributed by atoms with Gasteiger partial charge in [-0.1, -0.05) is 18.2 Å². The van der Waals surface area contributed by atoms with E-state index in [1.807, 2.05) is 42.6 Å². The smallest absolute Gasteiger partial charge is 0.349 e. The van der Waals surface area contributed by atoms with Gasteiger partial charge in [0.25, 0.3) is 5.91 Å². The number of nitrogens with one attached hydrogen (secondary N) is 2. The molecule has 0 radical (unpaired) electrons. The molecule has 1 atom stereocenters. The van der Waals surface area contributed by atoms with Gasteiger partial charge >= 0.3 is 5.63 Å². The predicted octanol–water partition coefficient (Wildman–Crippen LogP) is 2.53. The monoisotopic (exact) mass is 392 g/mol. The topological polar surface area (TPSA) is 89.2 Å². The third-order valence-electron chi connectivity index (χ3n) is 5.20. The van der Waals surface area contributed by atoms with Crippen molar-refractivity contribution in [2.24, 2.45) is 0 Å². The zero-order valence-corrected chi connectivity index (χ0v) is 16.4. The fourth-order valence-corrected chi connectivity index (χ4v) is 3.65. The van der Waals surface area contributed by atoms with Crippen LogP contribution < -0.4 is 16.3 Å². The van der Waals surface area contributed by atoms with E-state index in [0.29, 0.717) is 11.3 Å². The van der Waals surface area contributed by atoms with Crippen LogP contribution in [0, 0.1) is 6.92 Å². The third kappa shape index (κ3) is 4.30. The fourth-order valence-electron chi connectivity index (χ4n) is 3.65. The molecule has 1 fully saturated rings. The normalized spacial score (nSPS) is 16.5. The molecule has 1 aliphatic rings. The van der Waals surface area contributed by atoms with Crippen molar-refractivity contribution < 1.29 is 9.21 Å². The van der Waals surface area contributed by atoms with Crippen molar-refractivity contribution in [1.82, 2.24) is 20.4 Å². The molecule has 0 aliphatic carbocycles. The molecule has 4 rings (SSSR count). The van der Waals surface area contributed by atoms with Crippen molar-refractivity contribution in [3.8, 4) is 5.69 Å². The van der Waals surface area contributed by atoms with Crippen LogP contribution in [0.3, 0.4) is 0 Å². The Morgan fingerprint density at radius 3 is 2.90 bits per heavy atom. The predicted molar refractivity (Wildman–Crippen MR) is 109 cm³/mol. The van der Waals surface area contributed by atoms with Gasteiger partial charge in [0.1, 0.15) is 11.3 Å². The SMILES string of the molecule is Cc1cc(C2CCCNC2)oc(=O)c1C(=O)NCc1cnn(-c2ccccc2)c1. The highest BCUT2D eigenvalue weighted by Gasteiger charge is 2.22. The number of benzene rings is 1. The molecule has 150 valence electrons. The van der Waals surface area contributed by atoms with Crippen molar-refractivity contribution in [2.45, 2.75) is 32.2 Å². The molecule has 1 unspecified atom stereocenters. The molecule has 7 nitrogen and oxygen atoms in total. The van der Waals surface area contributed by atoms with Crippen molar-refractivity contribution in [3.63, 3.8) is 0 Å². The third-order valence-corrected chi connectivity index (χ3v) is 5.20. The molecule has 1 aromatic carbocycles. The molecule has 29 heavy (non-hydrogen) atoms. The number of hydrogen-bond donors (Lipinski definition) is 2. The molecule has 3 heterocycles. The molecule has 1 amide bonds. The van der Waals surface area contributed by atoms with Gasteiger partial charge in [0.05, 0.1) is 11.9 Å². The maximum atomic E-state index is 12.6. The molecular weight excluding hydrogens is 368 g/mol. The van der Waals surface area contributed by atoms with Crippen LogP contribution in [-0.4, -0.2) is 28.8 Å². The van der Waals surface area contributed by atoms with Crippen LogP contribution in [0.2, 0.25) is 0 Å². The lowest BCUT2D eigenvalue weighted by molar-refractivity contribution is 0.0945. The van der Waals surface area contributed by atoms with Crippen molar-refractivity contribution in [1.29, 1.82) is 0 Å². The van der Waals surface area contributed by atoms with Crippen LogP contribution in [-0.2, 0) is 6.54 Å². The minimum atomic E-state index is -0.581. The molecule has 2 N–H and O–H groups in total. The largest absolute Gasteiger partial charge is 0.427 e. The van der Waals surface area contributed by atoms with Gasteiger partial charge in [0.15, 0.2) is 0 Å². The average Bonchev–Trinajstić information content (AvgIpc) is 3.22. The second-order valence-electron chi connectivity index (χ2n) is 7.35. The summed E-state index contributed by atoms with van der Waals surface area (Å²) in [7, 11) is 0. The summed E-state index contributed by atoms with van der Waals surface area (Å²) >= 11 is 0. The number of hydrogen-bond acceptors (Lipinski definition) is 5. The number of aryl methyl sites for hydroxylation is 1. The molecule has 0 spiro atoms. The van der Waals surface area contributed by atoms with Gasteiger partial charge in [0.2, 0.25) is 0 Å². The molecule has 0 bridgehead atoms. The van der Waals surface area contributed by atoms with Crippen LogP contribution in [0.1, 0.15) is 46.0 Å². The van der Waals surface area contributed by atoms with Gasteiger partial charge in [-0.25, -0.2) is 9.48 Å². The molecule has 1 aliphatic heterocycles. The first kappa shape index (κ1) is 19.1. The van der Waals surface area contributed by atoms with E-state index in [0.717, 1.165) is 37.2 Å². The highest BCUT2D eigenvalue weighted by molar-refractivity contribution is 5.95. The number of para-hydroxylation sites is 1. The molecule has 1 saturated heterocycles. The Hall–Kier alpha value is -3.19. The Morgan fingerprint density at radius 1 is 1.34 bits per heavy atom. The maximum Gasteiger partial charge on any atom is 0.349 e. The number of carbonyl (C=O) groups excluding carboxylic acids is 1. The number of amides is 1. The van der Waals surface area contributed by atoms with E-state index in [1.54, 1.807) is 17.8 Å². The lowest BCUT2D eigenvalue weighted by Gasteiger charge is -2.22. The Labute approximate surface area is 168 Å². The Kier molecular flexibility index (Phi) is 5.57. The Bertz CT molecular complexity index is 1050. The zero-order chi connectivity index (χ0) is 20.2. The van der Waals surface area contributed by atoms with Crippen LogP contribution in [0.15, 0.2) is 58.0 Å². The van der Waals surface area contributed by atoms with E-state index in [1.165, 1.54) is 0 Å². The van der Waals surface area contributed by atoms with E-state index in [4.69, 9.17) is 4.42 Å². The van der Waals surface area contributed by atoms with E-state index in [2.05, 4.69) is 15.7 Å². The van der Waals surface area contributed by atoms with Gasteiger partial charge in [0, 0.05) is 30.8 Å². The van der Waals surface area contributed by atoms with Gasteiger partial charge in [-0.3, -0.25) is 4.79 Å². The van der Waals surface area contributed by atoms with E-state index >= 15 is 0 Å². The highest BCUT2D eigenvalue weighted by atomic mass is 16.4. The van der Waals surface area contributed by atoms with E-state index in [-0.39, 0.29) is 18.0 Å². The van der Waals surface area contributed by atoms with Crippen LogP contribution >= 0.6 is 0 Å². The second kappa shape index (κ2) is 8.45. The summed E-state index contributed by atoms with van der Waals surface area (Å²) in [5, 5.41) is 10.4. The van der Waals surface area contributed by atoms with Gasteiger partial charge in [-0.2, -0.15) is 5.10 Å². The van der Waals surface area contributed by atoms with Crippen LogP contribution in [0.4, 0.5) is 0 Å². The first-order valence-electron chi connectivity index (χ1n) is 9.84. The summed E-state index contributed by atoms with van der Waals surface area (Å²) < 4.78 is 7.24. The summed E-state index contributed by atoms with van der Waals surface area (Å²) in [5.41, 5.74) is 1.90. The summed E-state index contributed by atoms with van der Waals surface area (Å²) in [4.78, 5) is 25.1. The number of piperidine rings is 1. The standard InChI is InChI=1S/C22H24N4O3/c1-15-10-19(17-6-5-9-23-13-17)29-22(28)20(15)21(27)24-11-16-12-25-26(14-16)18-7-3-2-4-8-18/h2-4,7-8,10,12,14,17,23H,5-6,9,11,13H2,1H3,(H,24,27). The van der Waals surface area contributed by atoms with Crippen molar-refractivity contribution in [3.05, 3.63) is 81.7 Å². The maximum absolute atomic E-state index is 12.6. The number of nitrogens with zero attached hydrogens (tertiary/aromatic N) is 2. The van der Waals surface area contributed by atoms with Crippen LogP contribution in [0.25, 0.3) is 5.69 Å². The Morgan fingerprint density at radius 2 is 2.17 bits per heavy atom. The molecular formula is C22H24N4O3. The molecule has 2 aromatic heterocycles. The molecule has 7 heteroatoms. The van der Waals surface area contributed by atoms with Gasteiger partial charge < -0.3 is 15.1 Å². The number of carbonyl (C=O) groups is 1. The lowest BCUT2D eigenvalue weighted by atomic mass is 9.95. The fraction of sp³-hybridized carbons (Fsp3) is 0.318. The minimum absolute atomic E-state index is 0.0629. The summed E-state index contributed by atoms with van der Waals surface area (Å²) in [5.74, 6) is 0.397. The minimum Gasteiger partial charge on any atom is -0.427 e. The average molecular weight is 392 g/mol. The molecule has 3 aromatic rings. The summed E-state index contributed by atoms with van der Waals surface area (Å²) in [6, 6.07) is 11.5. The molecule has 0 saturated carbocycles. The van der Waals surface area contributed by atoms with Gasteiger partial charge in [-0.15, -0.1) is 0 Å². The van der Waals surface area contributed by atoms with E-state index in [9.17, 15) is 9.59 Å². The number of aromatic nitrogens is 2. The summed E-state index contributed by atoms with van der Waals surface area (Å²) in [6.45, 7) is 3.83. The first-order valence-corrected chi connectivity index (χ1v) is 9.84. The summed E-state index contributed by atoms with van der Waals surface area (Å²) in [6.07, 6.45) is 5.57. The lowest BCUT2D eigenvalue weighted by Crippen LogP contribution is -2.31. The van der Waals surface area contributed by atoms with E-state index < -0.39 is 11.5 Å². The highest BCUT2D eigenvalue weighted by Crippen LogP contribution is 2.23. The van der Waals surface area contributed by atoms with Crippen LogP contribution in [0.5, 0.6) is 0 Å². The van der Waals surface area contributed by atoms with Crippen molar-refractivity contribution >= 4 is 5.91 Å². The number of rotatable bonds is 5. The van der Waals surface area contributed by atoms with Crippen molar-refractivity contribution in [2.75, 3.05) is 13.1 Å². The quantitative estimate of drug-likeness (QED) is 0.697. The second-order valence-corrected chi connectivity index (χ2v) is 7.35. The van der Waals surface area contributed by atoms with Gasteiger partial charge in [-0.05, 0) is 50.1 Å². The Balaban J connectivity index is 1.45. The zero-order valence-electron chi connectivity index (χ0n) is 16.4. The first-order chi connectivity index (χ1) is 14.1.